The molecule has 1 aliphatic rings. The molecule has 0 amide bonds. The molecule has 3 atom stereocenters. The predicted octanol–water partition coefficient (Wildman–Crippen LogP) is 2.46. The number of hydrogen-bond acceptors (Lipinski definition) is 5. The van der Waals surface area contributed by atoms with Crippen LogP contribution in [-0.4, -0.2) is 57.3 Å². The van der Waals surface area contributed by atoms with Gasteiger partial charge in [-0.3, -0.25) is 4.90 Å². The van der Waals surface area contributed by atoms with E-state index in [0.717, 1.165) is 30.8 Å². The molecule has 5 heteroatoms. The van der Waals surface area contributed by atoms with Gasteiger partial charge in [-0.1, -0.05) is 24.1 Å². The van der Waals surface area contributed by atoms with Crippen LogP contribution < -0.4 is 4.74 Å². The van der Waals surface area contributed by atoms with Gasteiger partial charge in [0, 0.05) is 20.2 Å². The van der Waals surface area contributed by atoms with Crippen molar-refractivity contribution >= 4 is 0 Å². The van der Waals surface area contributed by atoms with Gasteiger partial charge in [0.1, 0.15) is 18.6 Å². The van der Waals surface area contributed by atoms with Gasteiger partial charge in [0.15, 0.2) is 0 Å². The van der Waals surface area contributed by atoms with Gasteiger partial charge in [0.25, 0.3) is 0 Å². The van der Waals surface area contributed by atoms with E-state index in [0.29, 0.717) is 6.61 Å². The molecule has 2 rings (SSSR count). The number of nitrogens with zero attached hydrogens (tertiary/aromatic N) is 1. The molecule has 1 fully saturated rings. The number of rotatable bonds is 10. The summed E-state index contributed by atoms with van der Waals surface area (Å²) in [4.78, 5) is 2.26. The van der Waals surface area contributed by atoms with E-state index in [1.807, 2.05) is 30.3 Å². The van der Waals surface area contributed by atoms with Gasteiger partial charge in [0.05, 0.1) is 25.9 Å². The van der Waals surface area contributed by atoms with E-state index in [2.05, 4.69) is 17.4 Å². The van der Waals surface area contributed by atoms with Crippen LogP contribution in [0.15, 0.2) is 36.9 Å². The molecule has 1 aromatic carbocycles. The van der Waals surface area contributed by atoms with Crippen LogP contribution in [0.3, 0.4) is 0 Å². The van der Waals surface area contributed by atoms with E-state index in [-0.39, 0.29) is 25.0 Å². The minimum absolute atomic E-state index is 0.0000391. The highest BCUT2D eigenvalue weighted by Crippen LogP contribution is 2.26. The summed E-state index contributed by atoms with van der Waals surface area (Å²) in [6, 6.07) is 7.85. The van der Waals surface area contributed by atoms with Crippen molar-refractivity contribution in [2.24, 2.45) is 0 Å². The Labute approximate surface area is 150 Å². The second kappa shape index (κ2) is 10.2. The molecule has 1 aliphatic heterocycles. The average molecular weight is 345 g/mol. The highest BCUT2D eigenvalue weighted by Gasteiger charge is 2.39. The normalized spacial score (nSPS) is 21.6. The summed E-state index contributed by atoms with van der Waals surface area (Å²) in [5, 5.41) is 0. The second-order valence-electron chi connectivity index (χ2n) is 5.92. The van der Waals surface area contributed by atoms with E-state index in [9.17, 15) is 0 Å². The zero-order chi connectivity index (χ0) is 18.1. The van der Waals surface area contributed by atoms with Gasteiger partial charge in [-0.05, 0) is 24.1 Å². The fraction of sp³-hybridized carbons (Fsp3) is 0.500. The molecule has 0 aromatic heterocycles. The van der Waals surface area contributed by atoms with Crippen molar-refractivity contribution in [3.63, 3.8) is 0 Å². The molecule has 1 heterocycles. The number of benzene rings is 1. The van der Waals surface area contributed by atoms with Gasteiger partial charge in [0.2, 0.25) is 0 Å². The van der Waals surface area contributed by atoms with Crippen LogP contribution in [0.4, 0.5) is 0 Å². The lowest BCUT2D eigenvalue weighted by molar-refractivity contribution is -0.0950. The maximum Gasteiger partial charge on any atom is 0.148 e. The highest BCUT2D eigenvalue weighted by atomic mass is 16.7. The molecule has 0 spiro atoms. The zero-order valence-corrected chi connectivity index (χ0v) is 15.0. The molecule has 0 unspecified atom stereocenters. The SMILES string of the molecule is C#C[C@H](OCOC)[C@H]1[C@@H](OCc2ccc(OC)cc2)CCN1CC=C. The third kappa shape index (κ3) is 5.32. The Kier molecular flexibility index (Phi) is 7.96. The van der Waals surface area contributed by atoms with Gasteiger partial charge in [-0.2, -0.15) is 0 Å². The van der Waals surface area contributed by atoms with Crippen molar-refractivity contribution in [1.29, 1.82) is 0 Å². The molecule has 1 aromatic rings. The summed E-state index contributed by atoms with van der Waals surface area (Å²) in [5.41, 5.74) is 1.09. The van der Waals surface area contributed by atoms with Crippen molar-refractivity contribution in [2.45, 2.75) is 31.3 Å². The standard InChI is InChI=1S/C20H27NO4/c1-5-12-21-13-11-19(20(21)18(6-2)25-15-22-3)24-14-16-7-9-17(23-4)10-8-16/h2,5,7-10,18-20H,1,11-15H2,3-4H3/t18-,19-,20-/m0/s1. The predicted molar refractivity (Wildman–Crippen MR) is 97.3 cm³/mol. The quantitative estimate of drug-likeness (QED) is 0.370. The lowest BCUT2D eigenvalue weighted by Gasteiger charge is -2.31. The van der Waals surface area contributed by atoms with E-state index >= 15 is 0 Å². The van der Waals surface area contributed by atoms with Crippen LogP contribution in [0.5, 0.6) is 5.75 Å². The van der Waals surface area contributed by atoms with Crippen LogP contribution in [-0.2, 0) is 20.8 Å². The number of methoxy groups -OCH3 is 2. The Morgan fingerprint density at radius 1 is 1.36 bits per heavy atom. The van der Waals surface area contributed by atoms with E-state index in [1.165, 1.54) is 0 Å². The Morgan fingerprint density at radius 2 is 2.12 bits per heavy atom. The summed E-state index contributed by atoms with van der Waals surface area (Å²) in [7, 11) is 3.24. The molecule has 0 aliphatic carbocycles. The maximum atomic E-state index is 6.18. The van der Waals surface area contributed by atoms with Gasteiger partial charge < -0.3 is 18.9 Å². The van der Waals surface area contributed by atoms with Gasteiger partial charge >= 0.3 is 0 Å². The fourth-order valence-electron chi connectivity index (χ4n) is 3.11. The topological polar surface area (TPSA) is 40.2 Å². The number of ether oxygens (including phenoxy) is 4. The summed E-state index contributed by atoms with van der Waals surface area (Å²) >= 11 is 0. The number of terminal acetylenes is 1. The first kappa shape index (κ1) is 19.5. The van der Waals surface area contributed by atoms with Crippen molar-refractivity contribution < 1.29 is 18.9 Å². The van der Waals surface area contributed by atoms with Crippen LogP contribution in [0.2, 0.25) is 0 Å². The Bertz CT molecular complexity index is 566. The first-order chi connectivity index (χ1) is 12.2. The van der Waals surface area contributed by atoms with Crippen molar-refractivity contribution in [3.05, 3.63) is 42.5 Å². The molecule has 0 radical (unpaired) electrons. The minimum Gasteiger partial charge on any atom is -0.497 e. The van der Waals surface area contributed by atoms with Crippen LogP contribution in [0.1, 0.15) is 12.0 Å². The Morgan fingerprint density at radius 3 is 2.72 bits per heavy atom. The molecule has 0 saturated carbocycles. The fourth-order valence-corrected chi connectivity index (χ4v) is 3.11. The molecule has 0 N–H and O–H groups in total. The third-order valence-electron chi connectivity index (χ3n) is 4.33. The Hall–Kier alpha value is -1.84. The Balaban J connectivity index is 2.02. The summed E-state index contributed by atoms with van der Waals surface area (Å²) < 4.78 is 22.1. The van der Waals surface area contributed by atoms with Crippen molar-refractivity contribution in [1.82, 2.24) is 4.90 Å². The van der Waals surface area contributed by atoms with Gasteiger partial charge in [-0.25, -0.2) is 0 Å². The van der Waals surface area contributed by atoms with Crippen LogP contribution in [0, 0.1) is 12.3 Å². The first-order valence-electron chi connectivity index (χ1n) is 8.39. The van der Waals surface area contributed by atoms with E-state index in [1.54, 1.807) is 14.2 Å². The number of likely N-dealkylation sites (tertiary alicyclic amines) is 1. The molecular weight excluding hydrogens is 318 g/mol. The third-order valence-corrected chi connectivity index (χ3v) is 4.33. The maximum absolute atomic E-state index is 6.18. The second-order valence-corrected chi connectivity index (χ2v) is 5.92. The number of hydrogen-bond donors (Lipinski definition) is 0. The zero-order valence-electron chi connectivity index (χ0n) is 15.0. The van der Waals surface area contributed by atoms with Gasteiger partial charge in [-0.15, -0.1) is 13.0 Å². The van der Waals surface area contributed by atoms with E-state index < -0.39 is 0 Å². The van der Waals surface area contributed by atoms with Crippen molar-refractivity contribution in [3.8, 4) is 18.1 Å². The minimum atomic E-state index is -0.386. The molecule has 0 bridgehead atoms. The molecule has 25 heavy (non-hydrogen) atoms. The molecule has 1 saturated heterocycles. The summed E-state index contributed by atoms with van der Waals surface area (Å²) in [5.74, 6) is 3.57. The molecule has 5 nitrogen and oxygen atoms in total. The smallest absolute Gasteiger partial charge is 0.148 e. The van der Waals surface area contributed by atoms with E-state index in [4.69, 9.17) is 25.4 Å². The van der Waals surface area contributed by atoms with Crippen LogP contribution in [0.25, 0.3) is 0 Å². The lowest BCUT2D eigenvalue weighted by Crippen LogP contribution is -2.46. The first-order valence-corrected chi connectivity index (χ1v) is 8.39. The summed E-state index contributed by atoms with van der Waals surface area (Å²) in [6.07, 6.45) is 8.10. The summed E-state index contributed by atoms with van der Waals surface area (Å²) in [6.45, 7) is 6.17. The van der Waals surface area contributed by atoms with Crippen molar-refractivity contribution in [2.75, 3.05) is 34.1 Å². The lowest BCUT2D eigenvalue weighted by atomic mass is 10.1. The molecular formula is C20H27NO4. The highest BCUT2D eigenvalue weighted by molar-refractivity contribution is 5.26. The molecule has 136 valence electrons. The monoisotopic (exact) mass is 345 g/mol. The average Bonchev–Trinajstić information content (AvgIpc) is 3.04. The van der Waals surface area contributed by atoms with Crippen LogP contribution >= 0.6 is 0 Å². The largest absolute Gasteiger partial charge is 0.497 e.